The predicted molar refractivity (Wildman–Crippen MR) is 66.0 cm³/mol. The summed E-state index contributed by atoms with van der Waals surface area (Å²) in [5.41, 5.74) is 1.22. The van der Waals surface area contributed by atoms with Gasteiger partial charge >= 0.3 is 0 Å². The first-order valence-corrected chi connectivity index (χ1v) is 5.28. The van der Waals surface area contributed by atoms with E-state index in [2.05, 4.69) is 27.7 Å². The van der Waals surface area contributed by atoms with Crippen molar-refractivity contribution in [3.05, 3.63) is 29.8 Å². The molecule has 1 aromatic rings. The van der Waals surface area contributed by atoms with E-state index in [1.165, 1.54) is 0 Å². The van der Waals surface area contributed by atoms with Gasteiger partial charge in [-0.05, 0) is 37.0 Å². The fraction of sp³-hybridized carbons (Fsp3) is 0.364. The van der Waals surface area contributed by atoms with Crippen molar-refractivity contribution in [2.45, 2.75) is 12.2 Å². The van der Waals surface area contributed by atoms with E-state index in [0.29, 0.717) is 17.8 Å². The van der Waals surface area contributed by atoms with Gasteiger partial charge in [-0.15, -0.1) is 0 Å². The van der Waals surface area contributed by atoms with Crippen molar-refractivity contribution in [1.82, 2.24) is 5.32 Å². The van der Waals surface area contributed by atoms with Crippen LogP contribution in [0.4, 0.5) is 5.69 Å². The fourth-order valence-corrected chi connectivity index (χ4v) is 1.48. The molecule has 0 saturated heterocycles. The Balaban J connectivity index is 2.86. The third kappa shape index (κ3) is 3.48. The molecule has 4 nitrogen and oxygen atoms in total. The van der Waals surface area contributed by atoms with Gasteiger partial charge in [0.1, 0.15) is 6.10 Å². The van der Waals surface area contributed by atoms with E-state index in [4.69, 9.17) is 0 Å². The second-order valence-corrected chi connectivity index (χ2v) is 3.55. The molecule has 1 aromatic carbocycles. The summed E-state index contributed by atoms with van der Waals surface area (Å²) in [4.78, 5) is 3.81. The Bertz CT molecular complexity index is 391. The first-order chi connectivity index (χ1) is 7.69. The summed E-state index contributed by atoms with van der Waals surface area (Å²) in [5, 5.41) is 24.5. The van der Waals surface area contributed by atoms with Crippen LogP contribution in [0.15, 0.2) is 29.3 Å². The minimum atomic E-state index is -0.937. The summed E-state index contributed by atoms with van der Waals surface area (Å²) in [6, 6.07) is 6.89. The summed E-state index contributed by atoms with van der Waals surface area (Å²) in [5.74, 6) is 0. The van der Waals surface area contributed by atoms with E-state index in [1.807, 2.05) is 0 Å². The molecule has 0 amide bonds. The zero-order chi connectivity index (χ0) is 12.0. The number of hydrogen-bond donors (Lipinski definition) is 3. The van der Waals surface area contributed by atoms with Gasteiger partial charge < -0.3 is 15.5 Å². The summed E-state index contributed by atoms with van der Waals surface area (Å²) < 4.78 is 0. The van der Waals surface area contributed by atoms with Gasteiger partial charge in [-0.1, -0.05) is 12.1 Å². The molecule has 1 rings (SSSR count). The molecule has 0 aliphatic carbocycles. The number of aliphatic hydroxyl groups excluding tert-OH is 2. The summed E-state index contributed by atoms with van der Waals surface area (Å²) in [6.07, 6.45) is -1.79. The van der Waals surface area contributed by atoms with Crippen LogP contribution >= 0.6 is 12.2 Å². The summed E-state index contributed by atoms with van der Waals surface area (Å²) in [6.45, 7) is 0.321. The first-order valence-electron chi connectivity index (χ1n) is 4.87. The maximum atomic E-state index is 9.83. The molecule has 86 valence electrons. The topological polar surface area (TPSA) is 64.8 Å². The zero-order valence-electron chi connectivity index (χ0n) is 8.92. The lowest BCUT2D eigenvalue weighted by Crippen LogP contribution is -2.29. The largest absolute Gasteiger partial charge is 0.389 e. The number of nitrogens with one attached hydrogen (secondary N) is 1. The van der Waals surface area contributed by atoms with Crippen molar-refractivity contribution in [3.63, 3.8) is 0 Å². The number of likely N-dealkylation sites (N-methyl/N-ethyl adjacent to an activating group) is 1. The molecule has 0 fully saturated rings. The maximum absolute atomic E-state index is 9.83. The number of thiocarbonyl (C=S) groups is 1. The van der Waals surface area contributed by atoms with Crippen molar-refractivity contribution in [2.24, 2.45) is 4.99 Å². The smallest absolute Gasteiger partial charge is 0.106 e. The highest BCUT2D eigenvalue weighted by molar-refractivity contribution is 7.78. The minimum absolute atomic E-state index is 0.321. The van der Waals surface area contributed by atoms with Crippen molar-refractivity contribution in [1.29, 1.82) is 0 Å². The van der Waals surface area contributed by atoms with Crippen molar-refractivity contribution in [3.8, 4) is 0 Å². The molecule has 0 heterocycles. The van der Waals surface area contributed by atoms with Gasteiger partial charge in [0.2, 0.25) is 0 Å². The zero-order valence-corrected chi connectivity index (χ0v) is 9.74. The average Bonchev–Trinajstić information content (AvgIpc) is 2.29. The van der Waals surface area contributed by atoms with Crippen LogP contribution in [0.5, 0.6) is 0 Å². The highest BCUT2D eigenvalue weighted by Gasteiger charge is 2.17. The van der Waals surface area contributed by atoms with Crippen LogP contribution in [0.25, 0.3) is 0 Å². The lowest BCUT2D eigenvalue weighted by molar-refractivity contribution is 0.0203. The molecule has 3 N–H and O–H groups in total. The van der Waals surface area contributed by atoms with Gasteiger partial charge in [-0.25, -0.2) is 0 Å². The van der Waals surface area contributed by atoms with Crippen LogP contribution < -0.4 is 5.32 Å². The summed E-state index contributed by atoms with van der Waals surface area (Å²) in [7, 11) is 1.71. The summed E-state index contributed by atoms with van der Waals surface area (Å²) >= 11 is 4.50. The quantitative estimate of drug-likeness (QED) is 0.529. The van der Waals surface area contributed by atoms with E-state index >= 15 is 0 Å². The number of aliphatic imine (C=N–C) groups is 1. The number of nitrogens with zero attached hydrogens (tertiary/aromatic N) is 1. The number of hydrogen-bond acceptors (Lipinski definition) is 5. The first kappa shape index (κ1) is 13.0. The van der Waals surface area contributed by atoms with Crippen LogP contribution in [0, 0.1) is 0 Å². The van der Waals surface area contributed by atoms with Crippen LogP contribution in [0.3, 0.4) is 0 Å². The SMILES string of the molecule is CNCC(O)C(O)c1cccc(N=C=S)c1. The molecule has 0 aromatic heterocycles. The number of isothiocyanates is 1. The number of rotatable bonds is 5. The van der Waals surface area contributed by atoms with Crippen molar-refractivity contribution in [2.75, 3.05) is 13.6 Å². The molecule has 0 saturated carbocycles. The predicted octanol–water partition coefficient (Wildman–Crippen LogP) is 1.03. The lowest BCUT2D eigenvalue weighted by Gasteiger charge is -2.17. The molecule has 2 atom stereocenters. The van der Waals surface area contributed by atoms with Gasteiger partial charge in [0.15, 0.2) is 0 Å². The molecular formula is C11H14N2O2S. The van der Waals surface area contributed by atoms with E-state index in [-0.39, 0.29) is 0 Å². The standard InChI is InChI=1S/C11H14N2O2S/c1-12-6-10(14)11(15)8-3-2-4-9(5-8)13-7-16/h2-5,10-12,14-15H,6H2,1H3. The minimum Gasteiger partial charge on any atom is -0.389 e. The highest BCUT2D eigenvalue weighted by atomic mass is 32.1. The molecule has 2 unspecified atom stereocenters. The van der Waals surface area contributed by atoms with Crippen molar-refractivity contribution < 1.29 is 10.2 Å². The Morgan fingerprint density at radius 1 is 1.50 bits per heavy atom. The van der Waals surface area contributed by atoms with Crippen LogP contribution in [0.2, 0.25) is 0 Å². The lowest BCUT2D eigenvalue weighted by atomic mass is 10.0. The van der Waals surface area contributed by atoms with Gasteiger partial charge in [-0.3, -0.25) is 0 Å². The van der Waals surface area contributed by atoms with Gasteiger partial charge in [0, 0.05) is 6.54 Å². The Morgan fingerprint density at radius 2 is 2.25 bits per heavy atom. The monoisotopic (exact) mass is 238 g/mol. The molecule has 5 heteroatoms. The number of benzene rings is 1. The van der Waals surface area contributed by atoms with E-state index < -0.39 is 12.2 Å². The van der Waals surface area contributed by atoms with Crippen LogP contribution in [0.1, 0.15) is 11.7 Å². The molecule has 16 heavy (non-hydrogen) atoms. The highest BCUT2D eigenvalue weighted by Crippen LogP contribution is 2.21. The Kier molecular flexibility index (Phi) is 5.25. The fourth-order valence-electron chi connectivity index (χ4n) is 1.37. The van der Waals surface area contributed by atoms with E-state index in [9.17, 15) is 10.2 Å². The average molecular weight is 238 g/mol. The molecule has 0 radical (unpaired) electrons. The van der Waals surface area contributed by atoms with Crippen molar-refractivity contribution >= 4 is 23.1 Å². The second kappa shape index (κ2) is 6.48. The Labute approximate surface area is 99.6 Å². The van der Waals surface area contributed by atoms with Gasteiger partial charge in [0.25, 0.3) is 0 Å². The van der Waals surface area contributed by atoms with Gasteiger partial charge in [-0.2, -0.15) is 4.99 Å². The normalized spacial score (nSPS) is 13.9. The molecule has 0 aliphatic rings. The second-order valence-electron chi connectivity index (χ2n) is 3.37. The van der Waals surface area contributed by atoms with Gasteiger partial charge in [0.05, 0.1) is 17.0 Å². The molecule has 0 aliphatic heterocycles. The maximum Gasteiger partial charge on any atom is 0.106 e. The van der Waals surface area contributed by atoms with E-state index in [0.717, 1.165) is 0 Å². The Morgan fingerprint density at radius 3 is 2.88 bits per heavy atom. The molecular weight excluding hydrogens is 224 g/mol. The molecule has 0 spiro atoms. The number of aliphatic hydroxyl groups is 2. The third-order valence-electron chi connectivity index (χ3n) is 2.16. The van der Waals surface area contributed by atoms with Crippen LogP contribution in [-0.4, -0.2) is 35.1 Å². The third-order valence-corrected chi connectivity index (χ3v) is 2.26. The van der Waals surface area contributed by atoms with Crippen LogP contribution in [-0.2, 0) is 0 Å². The van der Waals surface area contributed by atoms with E-state index in [1.54, 1.807) is 31.3 Å². The Hall–Kier alpha value is -1.10. The molecule has 0 bridgehead atoms.